The van der Waals surface area contributed by atoms with E-state index in [-0.39, 0.29) is 42.9 Å². The molecule has 4 aliphatic rings. The molecular weight excluding hydrogens is 712 g/mol. The highest BCUT2D eigenvalue weighted by molar-refractivity contribution is 8.18. The fourth-order valence-electron chi connectivity index (χ4n) is 7.79. The molecule has 0 radical (unpaired) electrons. The molecular formula is C38H46Cl2FN5O4S. The van der Waals surface area contributed by atoms with Crippen molar-refractivity contribution >= 4 is 58.0 Å². The smallest absolute Gasteiger partial charge is 0.407 e. The van der Waals surface area contributed by atoms with Gasteiger partial charge < -0.3 is 24.8 Å². The van der Waals surface area contributed by atoms with E-state index in [9.17, 15) is 18.8 Å². The van der Waals surface area contributed by atoms with Gasteiger partial charge >= 0.3 is 6.09 Å². The zero-order valence-electron chi connectivity index (χ0n) is 30.1. The van der Waals surface area contributed by atoms with Crippen LogP contribution < -0.4 is 5.32 Å². The Morgan fingerprint density at radius 3 is 2.25 bits per heavy atom. The van der Waals surface area contributed by atoms with Crippen molar-refractivity contribution in [2.75, 3.05) is 19.8 Å². The third-order valence-corrected chi connectivity index (χ3v) is 11.8. The number of carbonyl (C=O) groups is 3. The summed E-state index contributed by atoms with van der Waals surface area (Å²) in [7, 11) is 0. The Morgan fingerprint density at radius 1 is 1.04 bits per heavy atom. The molecule has 3 amide bonds. The molecule has 2 aromatic rings. The summed E-state index contributed by atoms with van der Waals surface area (Å²) in [6, 6.07) is 13.7. The summed E-state index contributed by atoms with van der Waals surface area (Å²) in [5.74, 6) is -1.07. The molecule has 1 N–H and O–H groups in total. The topological polar surface area (TPSA) is 94.5 Å². The number of benzene rings is 2. The molecule has 1 unspecified atom stereocenters. The van der Waals surface area contributed by atoms with Gasteiger partial charge in [-0.05, 0) is 101 Å². The second kappa shape index (κ2) is 14.3. The minimum Gasteiger partial charge on any atom is -0.444 e. The molecule has 51 heavy (non-hydrogen) atoms. The van der Waals surface area contributed by atoms with Crippen LogP contribution in [0.2, 0.25) is 10.0 Å². The van der Waals surface area contributed by atoms with Gasteiger partial charge in [-0.15, -0.1) is 0 Å². The minimum absolute atomic E-state index is 0.0536. The Balaban J connectivity index is 1.30. The number of amidine groups is 1. The highest BCUT2D eigenvalue weighted by atomic mass is 35.5. The molecule has 2 saturated heterocycles. The Kier molecular flexibility index (Phi) is 10.5. The molecule has 6 atom stereocenters. The van der Waals surface area contributed by atoms with Crippen molar-refractivity contribution in [1.29, 1.82) is 0 Å². The molecule has 0 bridgehead atoms. The summed E-state index contributed by atoms with van der Waals surface area (Å²) in [5, 5.41) is 4.74. The number of ether oxygens (including phenoxy) is 1. The molecule has 2 fully saturated rings. The average Bonchev–Trinajstić information content (AvgIpc) is 3.81. The number of thioether (sulfide) groups is 1. The molecule has 0 spiro atoms. The molecule has 4 heterocycles. The number of alkyl halides is 1. The number of nitrogens with zero attached hydrogens (tertiary/aromatic N) is 4. The lowest BCUT2D eigenvalue weighted by atomic mass is 9.81. The number of hydrogen-bond acceptors (Lipinski definition) is 7. The predicted molar refractivity (Wildman–Crippen MR) is 200 cm³/mol. The number of halogens is 3. The average molecular weight is 759 g/mol. The second-order valence-corrected chi connectivity index (χ2v) is 17.3. The second-order valence-electron chi connectivity index (χ2n) is 15.4. The van der Waals surface area contributed by atoms with E-state index >= 15 is 0 Å². The molecule has 4 aliphatic heterocycles. The fraction of sp³-hybridized carbons (Fsp3) is 0.526. The summed E-state index contributed by atoms with van der Waals surface area (Å²) >= 11 is 14.0. The van der Waals surface area contributed by atoms with Crippen LogP contribution in [0.5, 0.6) is 0 Å². The lowest BCUT2D eigenvalue weighted by molar-refractivity contribution is -0.142. The number of nitrogens with one attached hydrogen (secondary N) is 1. The van der Waals surface area contributed by atoms with Gasteiger partial charge in [0.05, 0.1) is 18.8 Å². The monoisotopic (exact) mass is 757 g/mol. The number of rotatable bonds is 7. The van der Waals surface area contributed by atoms with Crippen LogP contribution in [0, 0.1) is 11.8 Å². The van der Waals surface area contributed by atoms with E-state index in [0.717, 1.165) is 22.0 Å². The van der Waals surface area contributed by atoms with E-state index in [0.29, 0.717) is 27.8 Å². The number of hydrogen-bond donors (Lipinski definition) is 1. The fourth-order valence-corrected chi connectivity index (χ4v) is 9.39. The predicted octanol–water partition coefficient (Wildman–Crippen LogP) is 7.94. The van der Waals surface area contributed by atoms with Gasteiger partial charge in [0.25, 0.3) is 5.91 Å². The van der Waals surface area contributed by atoms with Gasteiger partial charge in [-0.2, -0.15) is 0 Å². The molecule has 0 aromatic heterocycles. The van der Waals surface area contributed by atoms with Crippen LogP contribution >= 0.6 is 35.0 Å². The standard InChI is InChI=1S/C38H46Cl2FN5O4S/c1-21(2)30-31(51-35-43-38(7,25-11-15-27(40)16-12-25)32(46(30)35)23-9-13-26(39)14-10-23)34(48)45-22(3)8-17-29(45)33(47)44-19-24(18-41)28(20-44)42-36(49)50-37(4,5)6/h9-16,21-22,24,28-29,32H,8,17-20H2,1-7H3,(H,42,49)/t22-,24?,28-,29+,32-,38+/m1/s1. The Labute approximate surface area is 313 Å². The molecule has 13 heteroatoms. The Bertz CT molecular complexity index is 1750. The maximum Gasteiger partial charge on any atom is 0.407 e. The lowest BCUT2D eigenvalue weighted by Gasteiger charge is -2.37. The van der Waals surface area contributed by atoms with Crippen LogP contribution in [0.3, 0.4) is 0 Å². The van der Waals surface area contributed by atoms with Crippen molar-refractivity contribution in [1.82, 2.24) is 20.0 Å². The van der Waals surface area contributed by atoms with Gasteiger partial charge in [-0.1, -0.05) is 61.3 Å². The van der Waals surface area contributed by atoms with Crippen molar-refractivity contribution in [2.45, 2.75) is 96.6 Å². The normalized spacial score (nSPS) is 27.7. The molecule has 2 aromatic carbocycles. The largest absolute Gasteiger partial charge is 0.444 e. The maximum absolute atomic E-state index is 14.8. The summed E-state index contributed by atoms with van der Waals surface area (Å²) in [4.78, 5) is 52.9. The highest BCUT2D eigenvalue weighted by Crippen LogP contribution is 2.56. The van der Waals surface area contributed by atoms with Gasteiger partial charge in [-0.25, -0.2) is 9.79 Å². The number of amides is 3. The minimum atomic E-state index is -0.712. The van der Waals surface area contributed by atoms with Gasteiger partial charge in [-0.3, -0.25) is 14.0 Å². The van der Waals surface area contributed by atoms with Crippen LogP contribution in [0.4, 0.5) is 9.18 Å². The number of carbonyl (C=O) groups excluding carboxylic acids is 3. The molecule has 0 aliphatic carbocycles. The third-order valence-electron chi connectivity index (χ3n) is 10.2. The molecule has 274 valence electrons. The third kappa shape index (κ3) is 7.22. The first-order valence-corrected chi connectivity index (χ1v) is 19.1. The van der Waals surface area contributed by atoms with E-state index < -0.39 is 41.9 Å². The first kappa shape index (κ1) is 37.5. The molecule has 9 nitrogen and oxygen atoms in total. The van der Waals surface area contributed by atoms with Crippen molar-refractivity contribution < 1.29 is 23.5 Å². The summed E-state index contributed by atoms with van der Waals surface area (Å²) in [6.45, 7) is 13.1. The van der Waals surface area contributed by atoms with Gasteiger partial charge in [0.2, 0.25) is 5.91 Å². The Morgan fingerprint density at radius 2 is 1.67 bits per heavy atom. The van der Waals surface area contributed by atoms with Crippen LogP contribution in [0.15, 0.2) is 64.1 Å². The van der Waals surface area contributed by atoms with Gasteiger partial charge in [0.15, 0.2) is 5.17 Å². The van der Waals surface area contributed by atoms with E-state index in [4.69, 9.17) is 32.9 Å². The number of fused-ring (bicyclic) bond motifs is 1. The molecule has 0 saturated carbocycles. The van der Waals surface area contributed by atoms with Crippen LogP contribution in [-0.4, -0.2) is 81.3 Å². The van der Waals surface area contributed by atoms with Crippen molar-refractivity contribution in [3.63, 3.8) is 0 Å². The van der Waals surface area contributed by atoms with Crippen molar-refractivity contribution in [3.8, 4) is 0 Å². The van der Waals surface area contributed by atoms with E-state index in [2.05, 4.69) is 31.0 Å². The first-order valence-electron chi connectivity index (χ1n) is 17.5. The van der Waals surface area contributed by atoms with Crippen LogP contribution in [0.1, 0.15) is 78.5 Å². The summed E-state index contributed by atoms with van der Waals surface area (Å²) in [5.41, 5.74) is 1.42. The van der Waals surface area contributed by atoms with E-state index in [1.54, 1.807) is 30.6 Å². The van der Waals surface area contributed by atoms with E-state index in [1.807, 2.05) is 55.5 Å². The molecule has 6 rings (SSSR count). The summed E-state index contributed by atoms with van der Waals surface area (Å²) < 4.78 is 19.6. The first-order chi connectivity index (χ1) is 24.0. The zero-order valence-corrected chi connectivity index (χ0v) is 32.4. The number of alkyl carbamates (subject to hydrolysis) is 1. The number of aliphatic imine (C=N–C) groups is 1. The van der Waals surface area contributed by atoms with Crippen LogP contribution in [0.25, 0.3) is 0 Å². The van der Waals surface area contributed by atoms with E-state index in [1.165, 1.54) is 11.8 Å². The zero-order chi connectivity index (χ0) is 37.0. The van der Waals surface area contributed by atoms with Crippen molar-refractivity contribution in [2.24, 2.45) is 16.8 Å². The lowest BCUT2D eigenvalue weighted by Crippen LogP contribution is -2.50. The summed E-state index contributed by atoms with van der Waals surface area (Å²) in [6.07, 6.45) is 0.503. The van der Waals surface area contributed by atoms with Crippen molar-refractivity contribution in [3.05, 3.63) is 80.3 Å². The SMILES string of the molecule is CC(C)C1=C(C(=O)N2[C@H](C)CC[C@H]2C(=O)N2CC(CF)[C@H](NC(=O)OC(C)(C)C)C2)SC2=N[C@@](C)(c3ccc(Cl)cc3)[C@@H](c3ccc(Cl)cc3)N21. The van der Waals surface area contributed by atoms with Gasteiger partial charge in [0.1, 0.15) is 22.1 Å². The maximum atomic E-state index is 14.8. The van der Waals surface area contributed by atoms with Crippen LogP contribution in [-0.2, 0) is 19.9 Å². The highest BCUT2D eigenvalue weighted by Gasteiger charge is 2.54. The number of allylic oxidation sites excluding steroid dienone is 1. The Hall–Kier alpha value is -3.28. The number of likely N-dealkylation sites (tertiary alicyclic amines) is 2. The quantitative estimate of drug-likeness (QED) is 0.308. The van der Waals surface area contributed by atoms with Gasteiger partial charge in [0, 0.05) is 40.8 Å².